The summed E-state index contributed by atoms with van der Waals surface area (Å²) < 4.78 is 5.43. The molecule has 0 aromatic carbocycles. The highest BCUT2D eigenvalue weighted by atomic mass is 16.6. The number of hydrogen-bond acceptors (Lipinski definition) is 1. The first-order valence-corrected chi connectivity index (χ1v) is 5.36. The fraction of sp³-hybridized carbons (Fsp3) is 0.667. The highest BCUT2D eigenvalue weighted by Gasteiger charge is 2.38. The van der Waals surface area contributed by atoms with Gasteiger partial charge >= 0.3 is 0 Å². The molecule has 0 radical (unpaired) electrons. The molecule has 2 rings (SSSR count). The van der Waals surface area contributed by atoms with Crippen molar-refractivity contribution in [2.24, 2.45) is 11.8 Å². The van der Waals surface area contributed by atoms with E-state index in [2.05, 4.69) is 19.6 Å². The largest absolute Gasteiger partial charge is 0.459 e. The maximum Gasteiger partial charge on any atom is 0.142 e. The molecule has 0 spiro atoms. The van der Waals surface area contributed by atoms with Crippen molar-refractivity contribution < 1.29 is 4.74 Å². The maximum absolute atomic E-state index is 5.43. The van der Waals surface area contributed by atoms with Crippen molar-refractivity contribution in [3.05, 3.63) is 24.2 Å². The average molecular weight is 178 g/mol. The van der Waals surface area contributed by atoms with Gasteiger partial charge in [-0.1, -0.05) is 19.4 Å². The Labute approximate surface area is 80.5 Å². The van der Waals surface area contributed by atoms with Crippen LogP contribution in [0.3, 0.4) is 0 Å². The van der Waals surface area contributed by atoms with E-state index in [1.54, 1.807) is 0 Å². The summed E-state index contributed by atoms with van der Waals surface area (Å²) in [5.74, 6) is 4.25. The van der Waals surface area contributed by atoms with Gasteiger partial charge in [-0.15, -0.1) is 6.58 Å². The molecule has 1 heterocycles. The van der Waals surface area contributed by atoms with E-state index in [9.17, 15) is 0 Å². The van der Waals surface area contributed by atoms with Gasteiger partial charge in [0.25, 0.3) is 0 Å². The van der Waals surface area contributed by atoms with Crippen molar-refractivity contribution in [2.75, 3.05) is 0 Å². The lowest BCUT2D eigenvalue weighted by molar-refractivity contribution is 0.304. The summed E-state index contributed by atoms with van der Waals surface area (Å²) in [7, 11) is 0. The molecule has 0 saturated carbocycles. The van der Waals surface area contributed by atoms with Crippen molar-refractivity contribution in [3.8, 4) is 0 Å². The van der Waals surface area contributed by atoms with Crippen LogP contribution in [-0.4, -0.2) is 0 Å². The highest BCUT2D eigenvalue weighted by Crippen LogP contribution is 2.47. The summed E-state index contributed by atoms with van der Waals surface area (Å²) >= 11 is 0. The predicted octanol–water partition coefficient (Wildman–Crippen LogP) is 3.63. The number of hydrogen-bond donors (Lipinski definition) is 0. The molecule has 0 aromatic rings. The zero-order valence-corrected chi connectivity index (χ0v) is 8.38. The smallest absolute Gasteiger partial charge is 0.142 e. The zero-order chi connectivity index (χ0) is 9.26. The van der Waals surface area contributed by atoms with E-state index in [-0.39, 0.29) is 0 Å². The first kappa shape index (κ1) is 8.86. The molecular weight excluding hydrogens is 160 g/mol. The maximum atomic E-state index is 5.43. The average Bonchev–Trinajstić information content (AvgIpc) is 2.84. The number of allylic oxidation sites excluding steroid dienone is 3. The molecule has 0 amide bonds. The van der Waals surface area contributed by atoms with Crippen molar-refractivity contribution in [1.29, 1.82) is 0 Å². The van der Waals surface area contributed by atoms with Crippen molar-refractivity contribution in [3.63, 3.8) is 0 Å². The van der Waals surface area contributed by atoms with Crippen LogP contribution in [0.15, 0.2) is 24.2 Å². The molecule has 1 aliphatic carbocycles. The van der Waals surface area contributed by atoms with Gasteiger partial charge < -0.3 is 4.74 Å². The second-order valence-electron chi connectivity index (χ2n) is 4.19. The van der Waals surface area contributed by atoms with Crippen LogP contribution in [0, 0.1) is 11.8 Å². The molecule has 2 unspecified atom stereocenters. The van der Waals surface area contributed by atoms with Crippen LogP contribution >= 0.6 is 0 Å². The monoisotopic (exact) mass is 178 g/mol. The fourth-order valence-electron chi connectivity index (χ4n) is 2.44. The second kappa shape index (κ2) is 3.57. The Bertz CT molecular complexity index is 240. The van der Waals surface area contributed by atoms with E-state index in [4.69, 9.17) is 4.74 Å². The fourth-order valence-corrected chi connectivity index (χ4v) is 2.44. The minimum absolute atomic E-state index is 0.804. The van der Waals surface area contributed by atoms with Crippen LogP contribution in [0.2, 0.25) is 0 Å². The lowest BCUT2D eigenvalue weighted by atomic mass is 9.79. The second-order valence-corrected chi connectivity index (χ2v) is 4.19. The Balaban J connectivity index is 1.97. The van der Waals surface area contributed by atoms with Crippen LogP contribution < -0.4 is 0 Å². The highest BCUT2D eigenvalue weighted by molar-refractivity contribution is 5.22. The van der Waals surface area contributed by atoms with Gasteiger partial charge in [-0.25, -0.2) is 0 Å². The molecule has 13 heavy (non-hydrogen) atoms. The van der Waals surface area contributed by atoms with Crippen LogP contribution in [0.25, 0.3) is 0 Å². The third kappa shape index (κ3) is 1.79. The molecule has 2 atom stereocenters. The molecule has 1 aliphatic heterocycles. The summed E-state index contributed by atoms with van der Waals surface area (Å²) in [5.41, 5.74) is 0. The van der Waals surface area contributed by atoms with Gasteiger partial charge in [0, 0.05) is 12.8 Å². The van der Waals surface area contributed by atoms with Crippen LogP contribution in [0.1, 0.15) is 39.0 Å². The summed E-state index contributed by atoms with van der Waals surface area (Å²) in [4.78, 5) is 0. The number of rotatable bonds is 4. The molecule has 2 aliphatic rings. The minimum atomic E-state index is 0.804. The van der Waals surface area contributed by atoms with E-state index in [1.165, 1.54) is 37.2 Å². The Kier molecular flexibility index (Phi) is 2.43. The van der Waals surface area contributed by atoms with E-state index >= 15 is 0 Å². The molecule has 1 nitrogen and oxygen atoms in total. The van der Waals surface area contributed by atoms with E-state index in [0.717, 1.165) is 18.3 Å². The van der Waals surface area contributed by atoms with Crippen molar-refractivity contribution in [2.45, 2.75) is 39.0 Å². The standard InChI is InChI=1S/C12H18O/c1-3-5-9-7-11-12(13-11)8-10(9)6-4-2/h3,9-10H,1,4-8H2,2H3. The van der Waals surface area contributed by atoms with Gasteiger partial charge in [0.15, 0.2) is 0 Å². The van der Waals surface area contributed by atoms with Gasteiger partial charge in [-0.05, 0) is 24.7 Å². The molecule has 0 saturated heterocycles. The third-order valence-electron chi connectivity index (χ3n) is 3.21. The summed E-state index contributed by atoms with van der Waals surface area (Å²) in [5, 5.41) is 0. The Hall–Kier alpha value is -0.720. The molecule has 0 fully saturated rings. The van der Waals surface area contributed by atoms with Crippen molar-refractivity contribution in [1.82, 2.24) is 0 Å². The van der Waals surface area contributed by atoms with E-state index in [0.29, 0.717) is 0 Å². The summed E-state index contributed by atoms with van der Waals surface area (Å²) in [6, 6.07) is 0. The lowest BCUT2D eigenvalue weighted by Gasteiger charge is -2.24. The first-order chi connectivity index (χ1) is 6.35. The first-order valence-electron chi connectivity index (χ1n) is 5.36. The molecule has 0 aromatic heterocycles. The van der Waals surface area contributed by atoms with Gasteiger partial charge in [0.1, 0.15) is 11.5 Å². The van der Waals surface area contributed by atoms with Crippen LogP contribution in [0.4, 0.5) is 0 Å². The Morgan fingerprint density at radius 1 is 1.38 bits per heavy atom. The lowest BCUT2D eigenvalue weighted by Crippen LogP contribution is -2.15. The van der Waals surface area contributed by atoms with Gasteiger partial charge in [-0.2, -0.15) is 0 Å². The molecule has 72 valence electrons. The normalized spacial score (nSPS) is 30.8. The van der Waals surface area contributed by atoms with Crippen LogP contribution in [0.5, 0.6) is 0 Å². The minimum Gasteiger partial charge on any atom is -0.459 e. The zero-order valence-electron chi connectivity index (χ0n) is 8.38. The summed E-state index contributed by atoms with van der Waals surface area (Å²) in [6.07, 6.45) is 8.22. The molecule has 0 bridgehead atoms. The van der Waals surface area contributed by atoms with Crippen molar-refractivity contribution >= 4 is 0 Å². The quantitative estimate of drug-likeness (QED) is 0.599. The summed E-state index contributed by atoms with van der Waals surface area (Å²) in [6.45, 7) is 6.10. The Morgan fingerprint density at radius 2 is 2.08 bits per heavy atom. The molecule has 0 N–H and O–H groups in total. The van der Waals surface area contributed by atoms with Gasteiger partial charge in [-0.3, -0.25) is 0 Å². The predicted molar refractivity (Wildman–Crippen MR) is 54.0 cm³/mol. The van der Waals surface area contributed by atoms with Gasteiger partial charge in [0.2, 0.25) is 0 Å². The van der Waals surface area contributed by atoms with E-state index < -0.39 is 0 Å². The topological polar surface area (TPSA) is 12.5 Å². The molecule has 1 heteroatoms. The molecular formula is C12H18O. The van der Waals surface area contributed by atoms with E-state index in [1.807, 2.05) is 0 Å². The van der Waals surface area contributed by atoms with Crippen LogP contribution in [-0.2, 0) is 4.74 Å². The SMILES string of the molecule is C=CCC1CC2=C(CC1CCC)O2. The third-order valence-corrected chi connectivity index (χ3v) is 3.21. The Morgan fingerprint density at radius 3 is 2.69 bits per heavy atom. The number of ether oxygens (including phenoxy) is 1. The van der Waals surface area contributed by atoms with Gasteiger partial charge in [0.05, 0.1) is 0 Å².